The lowest BCUT2D eigenvalue weighted by Crippen LogP contribution is -2.29. The molecule has 1 aliphatic rings. The number of pyridine rings is 1. The lowest BCUT2D eigenvalue weighted by atomic mass is 9.94. The van der Waals surface area contributed by atoms with Gasteiger partial charge in [-0.05, 0) is 54.8 Å². The number of halogens is 1. The SMILES string of the molecule is Nc1ccc(-c2ccc(F)cc2)n(C2CCCCC2)c1=O. The van der Waals surface area contributed by atoms with Crippen LogP contribution in [0.25, 0.3) is 11.3 Å². The molecule has 110 valence electrons. The van der Waals surface area contributed by atoms with Gasteiger partial charge in [0.1, 0.15) is 5.82 Å². The molecule has 0 saturated heterocycles. The van der Waals surface area contributed by atoms with Crippen LogP contribution in [0.3, 0.4) is 0 Å². The van der Waals surface area contributed by atoms with Crippen LogP contribution >= 0.6 is 0 Å². The Hall–Kier alpha value is -2.10. The number of nitrogen functional groups attached to an aromatic ring is 1. The van der Waals surface area contributed by atoms with E-state index in [9.17, 15) is 9.18 Å². The third-order valence-corrected chi connectivity index (χ3v) is 4.23. The smallest absolute Gasteiger partial charge is 0.274 e. The summed E-state index contributed by atoms with van der Waals surface area (Å²) >= 11 is 0. The topological polar surface area (TPSA) is 48.0 Å². The molecular formula is C17H19FN2O. The maximum Gasteiger partial charge on any atom is 0.274 e. The Morgan fingerprint density at radius 3 is 2.33 bits per heavy atom. The Bertz CT molecular complexity index is 685. The number of nitrogens with two attached hydrogens (primary N) is 1. The van der Waals surface area contributed by atoms with Crippen LogP contribution in [-0.4, -0.2) is 4.57 Å². The number of anilines is 1. The van der Waals surface area contributed by atoms with E-state index in [0.29, 0.717) is 0 Å². The molecule has 0 atom stereocenters. The normalized spacial score (nSPS) is 16.0. The fourth-order valence-electron chi connectivity index (χ4n) is 3.13. The third-order valence-electron chi connectivity index (χ3n) is 4.23. The maximum absolute atomic E-state index is 13.1. The van der Waals surface area contributed by atoms with Crippen molar-refractivity contribution >= 4 is 5.69 Å². The largest absolute Gasteiger partial charge is 0.394 e. The van der Waals surface area contributed by atoms with Crippen molar-refractivity contribution in [1.82, 2.24) is 4.57 Å². The van der Waals surface area contributed by atoms with Gasteiger partial charge in [-0.15, -0.1) is 0 Å². The molecule has 21 heavy (non-hydrogen) atoms. The molecule has 0 amide bonds. The highest BCUT2D eigenvalue weighted by Crippen LogP contribution is 2.31. The molecule has 2 N–H and O–H groups in total. The van der Waals surface area contributed by atoms with E-state index >= 15 is 0 Å². The number of hydrogen-bond donors (Lipinski definition) is 1. The molecule has 0 radical (unpaired) electrons. The van der Waals surface area contributed by atoms with Crippen molar-refractivity contribution in [2.45, 2.75) is 38.1 Å². The monoisotopic (exact) mass is 286 g/mol. The van der Waals surface area contributed by atoms with Crippen molar-refractivity contribution in [3.05, 3.63) is 52.6 Å². The molecule has 2 aromatic rings. The molecule has 1 aliphatic carbocycles. The quantitative estimate of drug-likeness (QED) is 0.914. The van der Waals surface area contributed by atoms with Crippen LogP contribution in [0.15, 0.2) is 41.2 Å². The van der Waals surface area contributed by atoms with E-state index in [1.165, 1.54) is 18.6 Å². The summed E-state index contributed by atoms with van der Waals surface area (Å²) in [6.07, 6.45) is 5.48. The lowest BCUT2D eigenvalue weighted by Gasteiger charge is -2.27. The van der Waals surface area contributed by atoms with Crippen molar-refractivity contribution < 1.29 is 4.39 Å². The number of hydrogen-bond acceptors (Lipinski definition) is 2. The highest BCUT2D eigenvalue weighted by atomic mass is 19.1. The van der Waals surface area contributed by atoms with E-state index in [-0.39, 0.29) is 23.1 Å². The predicted octanol–water partition coefficient (Wildman–Crippen LogP) is 3.74. The van der Waals surface area contributed by atoms with Gasteiger partial charge in [-0.2, -0.15) is 0 Å². The minimum atomic E-state index is -0.277. The average Bonchev–Trinajstić information content (AvgIpc) is 2.52. The van der Waals surface area contributed by atoms with Gasteiger partial charge in [-0.25, -0.2) is 4.39 Å². The summed E-state index contributed by atoms with van der Waals surface area (Å²) in [6, 6.07) is 9.94. The summed E-state index contributed by atoms with van der Waals surface area (Å²) in [4.78, 5) is 12.5. The number of aromatic nitrogens is 1. The van der Waals surface area contributed by atoms with E-state index in [1.807, 2.05) is 10.6 Å². The fraction of sp³-hybridized carbons (Fsp3) is 0.353. The van der Waals surface area contributed by atoms with Gasteiger partial charge in [0.25, 0.3) is 5.56 Å². The van der Waals surface area contributed by atoms with Crippen molar-refractivity contribution in [2.24, 2.45) is 0 Å². The first-order chi connectivity index (χ1) is 10.2. The summed E-state index contributed by atoms with van der Waals surface area (Å²) in [5.41, 5.74) is 7.61. The van der Waals surface area contributed by atoms with E-state index < -0.39 is 0 Å². The standard InChI is InChI=1S/C17H19FN2O/c18-13-8-6-12(7-9-13)16-11-10-15(19)17(21)20(16)14-4-2-1-3-5-14/h6-11,14H,1-5,19H2. The second-order valence-electron chi connectivity index (χ2n) is 5.65. The fourth-order valence-corrected chi connectivity index (χ4v) is 3.13. The zero-order valence-electron chi connectivity index (χ0n) is 11.9. The van der Waals surface area contributed by atoms with Gasteiger partial charge in [-0.3, -0.25) is 4.79 Å². The van der Waals surface area contributed by atoms with E-state index in [0.717, 1.165) is 36.9 Å². The predicted molar refractivity (Wildman–Crippen MR) is 82.6 cm³/mol. The highest BCUT2D eigenvalue weighted by molar-refractivity contribution is 5.61. The van der Waals surface area contributed by atoms with Crippen LogP contribution in [0.5, 0.6) is 0 Å². The number of benzene rings is 1. The third kappa shape index (κ3) is 2.71. The van der Waals surface area contributed by atoms with Gasteiger partial charge >= 0.3 is 0 Å². The molecule has 1 heterocycles. The molecule has 1 aromatic heterocycles. The van der Waals surface area contributed by atoms with Gasteiger partial charge in [0, 0.05) is 6.04 Å². The van der Waals surface area contributed by atoms with Crippen LogP contribution in [0, 0.1) is 5.82 Å². The van der Waals surface area contributed by atoms with Crippen molar-refractivity contribution in [3.63, 3.8) is 0 Å². The Kier molecular flexibility index (Phi) is 3.78. The Morgan fingerprint density at radius 1 is 1.00 bits per heavy atom. The molecule has 0 unspecified atom stereocenters. The first-order valence-corrected chi connectivity index (χ1v) is 7.44. The summed E-state index contributed by atoms with van der Waals surface area (Å²) < 4.78 is 14.9. The van der Waals surface area contributed by atoms with Gasteiger partial charge < -0.3 is 10.3 Å². The summed E-state index contributed by atoms with van der Waals surface area (Å²) in [5.74, 6) is -0.277. The lowest BCUT2D eigenvalue weighted by molar-refractivity contribution is 0.349. The molecule has 0 spiro atoms. The van der Waals surface area contributed by atoms with Crippen LogP contribution in [0.1, 0.15) is 38.1 Å². The van der Waals surface area contributed by atoms with Crippen LogP contribution in [0.2, 0.25) is 0 Å². The molecule has 0 aliphatic heterocycles. The summed E-state index contributed by atoms with van der Waals surface area (Å²) in [6.45, 7) is 0. The maximum atomic E-state index is 13.1. The van der Waals surface area contributed by atoms with Gasteiger partial charge in [-0.1, -0.05) is 19.3 Å². The number of rotatable bonds is 2. The molecule has 1 saturated carbocycles. The molecule has 3 rings (SSSR count). The molecule has 0 bridgehead atoms. The van der Waals surface area contributed by atoms with Gasteiger partial charge in [0.2, 0.25) is 0 Å². The van der Waals surface area contributed by atoms with Crippen LogP contribution in [0.4, 0.5) is 10.1 Å². The highest BCUT2D eigenvalue weighted by Gasteiger charge is 2.20. The van der Waals surface area contributed by atoms with E-state index in [1.54, 1.807) is 18.2 Å². The minimum Gasteiger partial charge on any atom is -0.394 e. The Labute approximate surface area is 123 Å². The van der Waals surface area contributed by atoms with Crippen molar-refractivity contribution in [3.8, 4) is 11.3 Å². The summed E-state index contributed by atoms with van der Waals surface area (Å²) in [7, 11) is 0. The molecule has 1 fully saturated rings. The molecule has 3 nitrogen and oxygen atoms in total. The zero-order valence-corrected chi connectivity index (χ0v) is 11.9. The molecule has 4 heteroatoms. The molecule has 1 aromatic carbocycles. The number of nitrogens with zero attached hydrogens (tertiary/aromatic N) is 1. The Morgan fingerprint density at radius 2 is 1.67 bits per heavy atom. The molecular weight excluding hydrogens is 267 g/mol. The van der Waals surface area contributed by atoms with E-state index in [2.05, 4.69) is 0 Å². The van der Waals surface area contributed by atoms with Crippen molar-refractivity contribution in [1.29, 1.82) is 0 Å². The first kappa shape index (κ1) is 13.9. The first-order valence-electron chi connectivity index (χ1n) is 7.44. The van der Waals surface area contributed by atoms with Crippen LogP contribution < -0.4 is 11.3 Å². The van der Waals surface area contributed by atoms with Gasteiger partial charge in [0.15, 0.2) is 0 Å². The summed E-state index contributed by atoms with van der Waals surface area (Å²) in [5, 5.41) is 0. The Balaban J connectivity index is 2.13. The van der Waals surface area contributed by atoms with Crippen LogP contribution in [-0.2, 0) is 0 Å². The minimum absolute atomic E-state index is 0.135. The zero-order chi connectivity index (χ0) is 14.8. The average molecular weight is 286 g/mol. The van der Waals surface area contributed by atoms with Crippen molar-refractivity contribution in [2.75, 3.05) is 5.73 Å². The van der Waals surface area contributed by atoms with Gasteiger partial charge in [0.05, 0.1) is 11.4 Å². The van der Waals surface area contributed by atoms with E-state index in [4.69, 9.17) is 5.73 Å². The second kappa shape index (κ2) is 5.72. The second-order valence-corrected chi connectivity index (χ2v) is 5.65.